The molecule has 0 fully saturated rings. The Kier molecular flexibility index (Phi) is 2.11. The van der Waals surface area contributed by atoms with Gasteiger partial charge in [0.1, 0.15) is 0 Å². The molecule has 2 rings (SSSR count). The fraction of sp³-hybridized carbons (Fsp3) is 0.400. The van der Waals surface area contributed by atoms with Gasteiger partial charge in [0.15, 0.2) is 5.84 Å². The third-order valence-electron chi connectivity index (χ3n) is 2.70. The maximum atomic E-state index is 8.68. The Morgan fingerprint density at radius 1 is 1.57 bits per heavy atom. The molecule has 4 heteroatoms. The second-order valence-corrected chi connectivity index (χ2v) is 3.56. The van der Waals surface area contributed by atoms with Gasteiger partial charge >= 0.3 is 0 Å². The number of aryl methyl sites for hydroxylation is 2. The average molecular weight is 191 g/mol. The van der Waals surface area contributed by atoms with Gasteiger partial charge in [-0.1, -0.05) is 5.16 Å². The van der Waals surface area contributed by atoms with Gasteiger partial charge in [-0.25, -0.2) is 0 Å². The van der Waals surface area contributed by atoms with Crippen LogP contribution in [0.3, 0.4) is 0 Å². The molecule has 0 atom stereocenters. The smallest absolute Gasteiger partial charge is 0.172 e. The molecule has 0 spiro atoms. The van der Waals surface area contributed by atoms with Crippen LogP contribution in [0.5, 0.6) is 0 Å². The number of aromatic nitrogens is 1. The Bertz CT molecular complexity index is 399. The third-order valence-corrected chi connectivity index (χ3v) is 2.70. The Morgan fingerprint density at radius 3 is 3.07 bits per heavy atom. The monoisotopic (exact) mass is 191 g/mol. The first-order valence-electron chi connectivity index (χ1n) is 4.69. The summed E-state index contributed by atoms with van der Waals surface area (Å²) in [7, 11) is 0. The lowest BCUT2D eigenvalue weighted by Crippen LogP contribution is -2.18. The van der Waals surface area contributed by atoms with Crippen LogP contribution in [0.25, 0.3) is 0 Å². The predicted octanol–water partition coefficient (Wildman–Crippen LogP) is 0.973. The number of nitrogens with two attached hydrogens (primary N) is 1. The van der Waals surface area contributed by atoms with Gasteiger partial charge in [0.2, 0.25) is 0 Å². The molecule has 0 bridgehead atoms. The molecular formula is C10H13N3O. The fourth-order valence-electron chi connectivity index (χ4n) is 2.04. The molecule has 74 valence electrons. The summed E-state index contributed by atoms with van der Waals surface area (Å²) in [6.45, 7) is 1.88. The fourth-order valence-corrected chi connectivity index (χ4v) is 2.04. The van der Waals surface area contributed by atoms with E-state index in [2.05, 4.69) is 10.1 Å². The molecule has 3 N–H and O–H groups in total. The van der Waals surface area contributed by atoms with Gasteiger partial charge < -0.3 is 10.9 Å². The predicted molar refractivity (Wildman–Crippen MR) is 53.5 cm³/mol. The molecule has 0 radical (unpaired) electrons. The van der Waals surface area contributed by atoms with E-state index >= 15 is 0 Å². The van der Waals surface area contributed by atoms with Gasteiger partial charge in [0, 0.05) is 17.5 Å². The first-order valence-corrected chi connectivity index (χ1v) is 4.69. The third kappa shape index (κ3) is 1.23. The van der Waals surface area contributed by atoms with Crippen LogP contribution in [-0.4, -0.2) is 16.0 Å². The molecule has 0 amide bonds. The molecule has 4 nitrogen and oxygen atoms in total. The van der Waals surface area contributed by atoms with Crippen LogP contribution < -0.4 is 5.73 Å². The zero-order valence-corrected chi connectivity index (χ0v) is 8.12. The summed E-state index contributed by atoms with van der Waals surface area (Å²) in [6.07, 6.45) is 5.08. The Hall–Kier alpha value is -1.58. The molecule has 0 unspecified atom stereocenters. The quantitative estimate of drug-likeness (QED) is 0.301. The van der Waals surface area contributed by atoms with Crippen molar-refractivity contribution >= 4 is 5.84 Å². The average Bonchev–Trinajstić information content (AvgIpc) is 2.64. The van der Waals surface area contributed by atoms with E-state index in [9.17, 15) is 0 Å². The zero-order valence-electron chi connectivity index (χ0n) is 8.12. The van der Waals surface area contributed by atoms with Crippen molar-refractivity contribution in [3.8, 4) is 0 Å². The van der Waals surface area contributed by atoms with Crippen molar-refractivity contribution in [3.63, 3.8) is 0 Å². The van der Waals surface area contributed by atoms with Crippen LogP contribution in [0.2, 0.25) is 0 Å². The highest BCUT2D eigenvalue weighted by Crippen LogP contribution is 2.25. The molecule has 1 aromatic heterocycles. The van der Waals surface area contributed by atoms with Crippen LogP contribution in [-0.2, 0) is 12.8 Å². The molecule has 0 saturated heterocycles. The molecule has 1 aromatic rings. The number of nitrogens with zero attached hydrogens (tertiary/aromatic N) is 2. The van der Waals surface area contributed by atoms with Crippen LogP contribution in [0, 0.1) is 6.92 Å². The van der Waals surface area contributed by atoms with Crippen molar-refractivity contribution in [1.29, 1.82) is 0 Å². The number of pyridine rings is 1. The second kappa shape index (κ2) is 3.29. The number of amidine groups is 1. The lowest BCUT2D eigenvalue weighted by molar-refractivity contribution is 0.318. The van der Waals surface area contributed by atoms with E-state index in [1.807, 2.05) is 13.1 Å². The van der Waals surface area contributed by atoms with Crippen molar-refractivity contribution in [3.05, 3.63) is 28.6 Å². The lowest BCUT2D eigenvalue weighted by Gasteiger charge is -2.09. The topological polar surface area (TPSA) is 71.5 Å². The van der Waals surface area contributed by atoms with Crippen LogP contribution in [0.15, 0.2) is 11.4 Å². The normalized spacial score (nSPS) is 15.6. The van der Waals surface area contributed by atoms with E-state index in [0.717, 1.165) is 30.5 Å². The van der Waals surface area contributed by atoms with Gasteiger partial charge in [0.25, 0.3) is 0 Å². The minimum Gasteiger partial charge on any atom is -0.409 e. The van der Waals surface area contributed by atoms with Crippen molar-refractivity contribution in [2.75, 3.05) is 0 Å². The van der Waals surface area contributed by atoms with E-state index < -0.39 is 0 Å². The summed E-state index contributed by atoms with van der Waals surface area (Å²) in [5.74, 6) is 0.175. The van der Waals surface area contributed by atoms with E-state index in [4.69, 9.17) is 10.9 Å². The molecule has 1 aliphatic carbocycles. The van der Waals surface area contributed by atoms with E-state index in [1.54, 1.807) is 0 Å². The molecule has 1 heterocycles. The van der Waals surface area contributed by atoms with E-state index in [-0.39, 0.29) is 5.84 Å². The highest BCUT2D eigenvalue weighted by atomic mass is 16.4. The van der Waals surface area contributed by atoms with Crippen molar-refractivity contribution in [2.45, 2.75) is 26.2 Å². The highest BCUT2D eigenvalue weighted by Gasteiger charge is 2.19. The molecule has 14 heavy (non-hydrogen) atoms. The summed E-state index contributed by atoms with van der Waals surface area (Å²) >= 11 is 0. The summed E-state index contributed by atoms with van der Waals surface area (Å²) in [4.78, 5) is 4.25. The van der Waals surface area contributed by atoms with Crippen LogP contribution >= 0.6 is 0 Å². The van der Waals surface area contributed by atoms with E-state index in [0.29, 0.717) is 0 Å². The van der Waals surface area contributed by atoms with Crippen molar-refractivity contribution in [2.24, 2.45) is 10.9 Å². The molecule has 0 aliphatic heterocycles. The van der Waals surface area contributed by atoms with Gasteiger partial charge in [-0.15, -0.1) is 0 Å². The maximum absolute atomic E-state index is 8.68. The van der Waals surface area contributed by atoms with Crippen LogP contribution in [0.1, 0.15) is 28.8 Å². The Morgan fingerprint density at radius 2 is 2.36 bits per heavy atom. The number of rotatable bonds is 1. The summed E-state index contributed by atoms with van der Waals surface area (Å²) in [6, 6.07) is 0. The molecule has 0 saturated carbocycles. The van der Waals surface area contributed by atoms with Crippen molar-refractivity contribution < 1.29 is 5.21 Å². The molecular weight excluding hydrogens is 178 g/mol. The molecule has 0 aromatic carbocycles. The van der Waals surface area contributed by atoms with Crippen molar-refractivity contribution in [1.82, 2.24) is 4.98 Å². The van der Waals surface area contributed by atoms with Gasteiger partial charge in [0.05, 0.1) is 0 Å². The summed E-state index contributed by atoms with van der Waals surface area (Å²) in [5, 5.41) is 11.7. The van der Waals surface area contributed by atoms with Gasteiger partial charge in [-0.2, -0.15) is 0 Å². The molecule has 1 aliphatic rings. The Balaban J connectivity index is 2.63. The van der Waals surface area contributed by atoms with Gasteiger partial charge in [-0.05, 0) is 37.3 Å². The zero-order chi connectivity index (χ0) is 10.1. The first kappa shape index (κ1) is 8.99. The summed E-state index contributed by atoms with van der Waals surface area (Å²) < 4.78 is 0. The largest absolute Gasteiger partial charge is 0.409 e. The first-order chi connectivity index (χ1) is 6.74. The highest BCUT2D eigenvalue weighted by molar-refractivity contribution is 5.99. The number of fused-ring (bicyclic) bond motifs is 1. The lowest BCUT2D eigenvalue weighted by atomic mass is 10.0. The van der Waals surface area contributed by atoms with E-state index in [1.165, 1.54) is 11.1 Å². The maximum Gasteiger partial charge on any atom is 0.172 e. The standard InChI is InChI=1S/C10H13N3O/c1-6-9(10(11)13-14)8-4-2-3-7(8)5-12-6/h5,14H,2-4H2,1H3,(H2,11,13). The van der Waals surface area contributed by atoms with Gasteiger partial charge in [-0.3, -0.25) is 4.98 Å². The minimum absolute atomic E-state index is 0.175. The number of oxime groups is 1. The van der Waals surface area contributed by atoms with Crippen LogP contribution in [0.4, 0.5) is 0 Å². The minimum atomic E-state index is 0.175. The SMILES string of the molecule is Cc1ncc2c(c1/C(N)=N/O)CCC2. The second-order valence-electron chi connectivity index (χ2n) is 3.56. The summed E-state index contributed by atoms with van der Waals surface area (Å²) in [5.41, 5.74) is 9.72. The number of hydrogen-bond donors (Lipinski definition) is 2. The Labute approximate surface area is 82.5 Å². The number of hydrogen-bond acceptors (Lipinski definition) is 3.